The Morgan fingerprint density at radius 2 is 2.05 bits per heavy atom. The fourth-order valence-corrected chi connectivity index (χ4v) is 4.01. The lowest BCUT2D eigenvalue weighted by Gasteiger charge is -2.41. The lowest BCUT2D eigenvalue weighted by molar-refractivity contribution is 0.405. The Kier molecular flexibility index (Phi) is 2.37. The molecule has 2 atom stereocenters. The summed E-state index contributed by atoms with van der Waals surface area (Å²) in [5, 5.41) is 4.50. The number of rotatable bonds is 0. The molecule has 2 aliphatic heterocycles. The highest BCUT2D eigenvalue weighted by molar-refractivity contribution is 6.30. The van der Waals surface area contributed by atoms with Crippen molar-refractivity contribution in [2.24, 2.45) is 0 Å². The summed E-state index contributed by atoms with van der Waals surface area (Å²) in [6.45, 7) is 2.34. The van der Waals surface area contributed by atoms with Gasteiger partial charge in [-0.1, -0.05) is 36.7 Å². The lowest BCUT2D eigenvalue weighted by Crippen LogP contribution is -2.50. The van der Waals surface area contributed by atoms with Crippen molar-refractivity contribution in [1.29, 1.82) is 0 Å². The van der Waals surface area contributed by atoms with Gasteiger partial charge in [0.1, 0.15) is 6.17 Å². The van der Waals surface area contributed by atoms with E-state index in [-0.39, 0.29) is 5.41 Å². The molecule has 0 spiro atoms. The van der Waals surface area contributed by atoms with Gasteiger partial charge in [-0.2, -0.15) is 0 Å². The van der Waals surface area contributed by atoms with Crippen LogP contribution in [-0.4, -0.2) is 13.2 Å². The molecule has 0 bridgehead atoms. The van der Waals surface area contributed by atoms with Crippen molar-refractivity contribution in [2.45, 2.75) is 24.9 Å². The van der Waals surface area contributed by atoms with E-state index in [1.165, 1.54) is 22.5 Å². The van der Waals surface area contributed by atoms with E-state index >= 15 is 0 Å². The van der Waals surface area contributed by atoms with Crippen LogP contribution in [0.5, 0.6) is 0 Å². The molecule has 0 unspecified atom stereocenters. The van der Waals surface area contributed by atoms with Crippen LogP contribution in [0.2, 0.25) is 5.02 Å². The van der Waals surface area contributed by atoms with Gasteiger partial charge in [0.15, 0.2) is 0 Å². The van der Waals surface area contributed by atoms with E-state index in [0.717, 1.165) is 11.4 Å². The molecule has 0 fully saturated rings. The molecular weight excluding hydrogens is 268 g/mol. The van der Waals surface area contributed by atoms with Crippen molar-refractivity contribution in [3.63, 3.8) is 0 Å². The molecule has 20 heavy (non-hydrogen) atoms. The van der Waals surface area contributed by atoms with Crippen molar-refractivity contribution >= 4 is 23.0 Å². The molecule has 0 aromatic heterocycles. The van der Waals surface area contributed by atoms with E-state index in [2.05, 4.69) is 60.6 Å². The SMILES string of the molecule is CN1c2ccccc2[C@]2(C)Cc3cc(Cl)ccc3N[C@H]12. The van der Waals surface area contributed by atoms with E-state index in [1.807, 2.05) is 6.07 Å². The lowest BCUT2D eigenvalue weighted by atomic mass is 9.74. The van der Waals surface area contributed by atoms with Gasteiger partial charge in [-0.25, -0.2) is 0 Å². The first-order valence-corrected chi connectivity index (χ1v) is 7.35. The maximum absolute atomic E-state index is 6.16. The van der Waals surface area contributed by atoms with E-state index in [4.69, 9.17) is 11.6 Å². The molecule has 1 N–H and O–H groups in total. The standard InChI is InChI=1S/C17H17ClN2/c1-17-10-11-9-12(18)7-8-14(11)19-16(17)20(2)15-6-4-3-5-13(15)17/h3-9,16,19H,10H2,1-2H3/t16-,17+/m1/s1. The molecule has 0 aliphatic carbocycles. The number of para-hydroxylation sites is 1. The summed E-state index contributed by atoms with van der Waals surface area (Å²) in [6, 6.07) is 14.8. The van der Waals surface area contributed by atoms with Crippen LogP contribution in [0.1, 0.15) is 18.1 Å². The fourth-order valence-electron chi connectivity index (χ4n) is 3.82. The highest BCUT2D eigenvalue weighted by atomic mass is 35.5. The van der Waals surface area contributed by atoms with Gasteiger partial charge in [-0.05, 0) is 41.8 Å². The van der Waals surface area contributed by atoms with E-state index in [0.29, 0.717) is 6.17 Å². The molecule has 0 amide bonds. The Morgan fingerprint density at radius 1 is 1.25 bits per heavy atom. The van der Waals surface area contributed by atoms with Crippen LogP contribution in [0.3, 0.4) is 0 Å². The van der Waals surface area contributed by atoms with Gasteiger partial charge in [0.05, 0.1) is 0 Å². The number of nitrogens with one attached hydrogen (secondary N) is 1. The van der Waals surface area contributed by atoms with E-state index < -0.39 is 0 Å². The maximum atomic E-state index is 6.16. The Labute approximate surface area is 124 Å². The summed E-state index contributed by atoms with van der Waals surface area (Å²) >= 11 is 6.16. The zero-order valence-electron chi connectivity index (χ0n) is 11.7. The zero-order valence-corrected chi connectivity index (χ0v) is 12.4. The summed E-state index contributed by atoms with van der Waals surface area (Å²) in [5.74, 6) is 0. The third kappa shape index (κ3) is 1.46. The molecule has 2 aromatic rings. The van der Waals surface area contributed by atoms with Crippen LogP contribution in [0.4, 0.5) is 11.4 Å². The summed E-state index contributed by atoms with van der Waals surface area (Å²) in [7, 11) is 2.17. The smallest absolute Gasteiger partial charge is 0.109 e. The summed E-state index contributed by atoms with van der Waals surface area (Å²) in [6.07, 6.45) is 1.32. The summed E-state index contributed by atoms with van der Waals surface area (Å²) < 4.78 is 0. The number of hydrogen-bond acceptors (Lipinski definition) is 2. The molecule has 102 valence electrons. The molecule has 3 heteroatoms. The highest BCUT2D eigenvalue weighted by Gasteiger charge is 2.48. The Hall–Kier alpha value is -1.67. The Bertz CT molecular complexity index is 697. The normalized spacial score (nSPS) is 26.6. The number of benzene rings is 2. The zero-order chi connectivity index (χ0) is 13.9. The second kappa shape index (κ2) is 3.92. The van der Waals surface area contributed by atoms with Gasteiger partial charge in [-0.15, -0.1) is 0 Å². The van der Waals surface area contributed by atoms with E-state index in [9.17, 15) is 0 Å². The molecule has 2 aromatic carbocycles. The number of nitrogens with zero attached hydrogens (tertiary/aromatic N) is 1. The van der Waals surface area contributed by atoms with Crippen LogP contribution < -0.4 is 10.2 Å². The molecule has 2 aliphatic rings. The number of halogens is 1. The predicted octanol–water partition coefficient (Wildman–Crippen LogP) is 4.04. The molecular formula is C17H17ClN2. The molecule has 2 heterocycles. The quantitative estimate of drug-likeness (QED) is 0.785. The summed E-state index contributed by atoms with van der Waals surface area (Å²) in [5.41, 5.74) is 5.35. The number of fused-ring (bicyclic) bond motifs is 4. The minimum absolute atomic E-state index is 0.0863. The minimum atomic E-state index is 0.0863. The predicted molar refractivity (Wildman–Crippen MR) is 84.8 cm³/mol. The monoisotopic (exact) mass is 284 g/mol. The fraction of sp³-hybridized carbons (Fsp3) is 0.294. The first-order chi connectivity index (χ1) is 9.59. The average molecular weight is 285 g/mol. The van der Waals surface area contributed by atoms with Gasteiger partial charge in [0.2, 0.25) is 0 Å². The first kappa shape index (κ1) is 12.1. The minimum Gasteiger partial charge on any atom is -0.364 e. The highest BCUT2D eigenvalue weighted by Crippen LogP contribution is 2.49. The average Bonchev–Trinajstić information content (AvgIpc) is 2.66. The first-order valence-electron chi connectivity index (χ1n) is 6.97. The molecule has 0 saturated carbocycles. The number of likely N-dealkylation sites (N-methyl/N-ethyl adjacent to an activating group) is 1. The van der Waals surface area contributed by atoms with Gasteiger partial charge in [0, 0.05) is 28.9 Å². The van der Waals surface area contributed by atoms with Gasteiger partial charge in [-0.3, -0.25) is 0 Å². The molecule has 0 saturated heterocycles. The van der Waals surface area contributed by atoms with Crippen molar-refractivity contribution < 1.29 is 0 Å². The van der Waals surface area contributed by atoms with Gasteiger partial charge >= 0.3 is 0 Å². The summed E-state index contributed by atoms with van der Waals surface area (Å²) in [4.78, 5) is 2.35. The number of hydrogen-bond donors (Lipinski definition) is 1. The van der Waals surface area contributed by atoms with Gasteiger partial charge in [0.25, 0.3) is 0 Å². The van der Waals surface area contributed by atoms with Crippen molar-refractivity contribution in [2.75, 3.05) is 17.3 Å². The van der Waals surface area contributed by atoms with Crippen LogP contribution in [0, 0.1) is 0 Å². The molecule has 2 nitrogen and oxygen atoms in total. The third-order valence-corrected chi connectivity index (χ3v) is 5.04. The number of anilines is 2. The Morgan fingerprint density at radius 3 is 2.90 bits per heavy atom. The molecule has 0 radical (unpaired) electrons. The van der Waals surface area contributed by atoms with Gasteiger partial charge < -0.3 is 10.2 Å². The van der Waals surface area contributed by atoms with E-state index in [1.54, 1.807) is 0 Å². The largest absolute Gasteiger partial charge is 0.364 e. The maximum Gasteiger partial charge on any atom is 0.109 e. The van der Waals surface area contributed by atoms with Crippen molar-refractivity contribution in [3.8, 4) is 0 Å². The second-order valence-corrected chi connectivity index (χ2v) is 6.51. The van der Waals surface area contributed by atoms with Crippen LogP contribution in [0.15, 0.2) is 42.5 Å². The van der Waals surface area contributed by atoms with Crippen LogP contribution in [0.25, 0.3) is 0 Å². The van der Waals surface area contributed by atoms with Crippen LogP contribution >= 0.6 is 11.6 Å². The van der Waals surface area contributed by atoms with Crippen molar-refractivity contribution in [3.05, 3.63) is 58.6 Å². The second-order valence-electron chi connectivity index (χ2n) is 6.07. The third-order valence-electron chi connectivity index (χ3n) is 4.81. The molecule has 4 rings (SSSR count). The Balaban J connectivity index is 1.89. The van der Waals surface area contributed by atoms with Crippen molar-refractivity contribution in [1.82, 2.24) is 0 Å². The van der Waals surface area contributed by atoms with Crippen LogP contribution in [-0.2, 0) is 11.8 Å². The topological polar surface area (TPSA) is 15.3 Å².